The van der Waals surface area contributed by atoms with Gasteiger partial charge in [-0.05, 0) is 40.2 Å². The quantitative estimate of drug-likeness (QED) is 0.622. The number of methoxy groups -OCH3 is 1. The Bertz CT molecular complexity index is 441. The summed E-state index contributed by atoms with van der Waals surface area (Å²) in [5, 5.41) is 0. The van der Waals surface area contributed by atoms with E-state index in [1.807, 2.05) is 42.7 Å². The van der Waals surface area contributed by atoms with Crippen molar-refractivity contribution in [3.05, 3.63) is 60.4 Å². The molecule has 1 heterocycles. The average Bonchev–Trinajstić information content (AvgIpc) is 2.39. The maximum Gasteiger partial charge on any atom is 0.237 e. The Labute approximate surface area is 104 Å². The second-order valence-electron chi connectivity index (χ2n) is 3.43. The molecule has 0 N–H and O–H groups in total. The normalized spacial score (nSPS) is 12.1. The van der Waals surface area contributed by atoms with Gasteiger partial charge in [0.1, 0.15) is 5.75 Å². The van der Waals surface area contributed by atoms with E-state index in [9.17, 15) is 0 Å². The lowest BCUT2D eigenvalue weighted by molar-refractivity contribution is -0.689. The van der Waals surface area contributed by atoms with Crippen LogP contribution >= 0.6 is 15.9 Å². The van der Waals surface area contributed by atoms with Crippen LogP contribution in [0.25, 0.3) is 0 Å². The Kier molecular flexibility index (Phi) is 3.57. The summed E-state index contributed by atoms with van der Waals surface area (Å²) in [5.74, 6) is 0.876. The zero-order valence-electron chi connectivity index (χ0n) is 9.01. The Morgan fingerprint density at radius 3 is 2.25 bits per heavy atom. The monoisotopic (exact) mass is 278 g/mol. The van der Waals surface area contributed by atoms with Gasteiger partial charge in [-0.1, -0.05) is 6.07 Å². The van der Waals surface area contributed by atoms with E-state index in [0.29, 0.717) is 0 Å². The van der Waals surface area contributed by atoms with Crippen molar-refractivity contribution in [3.63, 3.8) is 0 Å². The minimum absolute atomic E-state index is 0.152. The summed E-state index contributed by atoms with van der Waals surface area (Å²) in [7, 11) is 1.67. The van der Waals surface area contributed by atoms with E-state index in [1.54, 1.807) is 7.11 Å². The van der Waals surface area contributed by atoms with Gasteiger partial charge >= 0.3 is 0 Å². The molecule has 2 aromatic rings. The second-order valence-corrected chi connectivity index (χ2v) is 4.30. The molecular weight excluding hydrogens is 266 g/mol. The molecule has 16 heavy (non-hydrogen) atoms. The SMILES string of the molecule is COc1ccc([C@@H](Br)[n+]2ccccc2)cc1. The Morgan fingerprint density at radius 2 is 1.69 bits per heavy atom. The lowest BCUT2D eigenvalue weighted by Gasteiger charge is -2.06. The van der Waals surface area contributed by atoms with E-state index in [2.05, 4.69) is 32.6 Å². The summed E-state index contributed by atoms with van der Waals surface area (Å²) in [6.07, 6.45) is 4.06. The average molecular weight is 279 g/mol. The molecule has 0 aliphatic carbocycles. The van der Waals surface area contributed by atoms with Gasteiger partial charge in [-0.15, -0.1) is 0 Å². The zero-order valence-corrected chi connectivity index (χ0v) is 10.6. The number of aromatic nitrogens is 1. The minimum Gasteiger partial charge on any atom is -0.497 e. The van der Waals surface area contributed by atoms with Crippen molar-refractivity contribution in [2.75, 3.05) is 7.11 Å². The molecule has 0 saturated heterocycles. The van der Waals surface area contributed by atoms with Gasteiger partial charge in [-0.2, -0.15) is 4.57 Å². The maximum atomic E-state index is 5.13. The van der Waals surface area contributed by atoms with Crippen LogP contribution in [0.5, 0.6) is 5.75 Å². The third kappa shape index (κ3) is 2.42. The first-order valence-corrected chi connectivity index (χ1v) is 5.96. The highest BCUT2D eigenvalue weighted by atomic mass is 79.9. The highest BCUT2D eigenvalue weighted by molar-refractivity contribution is 9.09. The molecule has 0 fully saturated rings. The molecule has 2 rings (SSSR count). The van der Waals surface area contributed by atoms with Crippen LogP contribution in [0.3, 0.4) is 0 Å². The van der Waals surface area contributed by atoms with Crippen LogP contribution < -0.4 is 9.30 Å². The number of hydrogen-bond donors (Lipinski definition) is 0. The molecule has 1 aromatic carbocycles. The highest BCUT2D eigenvalue weighted by Crippen LogP contribution is 2.21. The number of alkyl halides is 1. The number of nitrogens with zero attached hydrogens (tertiary/aromatic N) is 1. The van der Waals surface area contributed by atoms with Crippen LogP contribution in [0.1, 0.15) is 10.5 Å². The zero-order chi connectivity index (χ0) is 11.4. The third-order valence-corrected chi connectivity index (χ3v) is 3.39. The molecule has 0 radical (unpaired) electrons. The van der Waals surface area contributed by atoms with E-state index in [0.717, 1.165) is 5.75 Å². The van der Waals surface area contributed by atoms with Gasteiger partial charge in [0.05, 0.1) is 7.11 Å². The van der Waals surface area contributed by atoms with E-state index in [1.165, 1.54) is 5.56 Å². The number of hydrogen-bond acceptors (Lipinski definition) is 1. The summed E-state index contributed by atoms with van der Waals surface area (Å²) in [6.45, 7) is 0. The van der Waals surface area contributed by atoms with E-state index in [4.69, 9.17) is 4.74 Å². The Balaban J connectivity index is 2.24. The van der Waals surface area contributed by atoms with E-state index >= 15 is 0 Å². The van der Waals surface area contributed by atoms with E-state index < -0.39 is 0 Å². The summed E-state index contributed by atoms with van der Waals surface area (Å²) < 4.78 is 7.23. The molecule has 0 aliphatic heterocycles. The van der Waals surface area contributed by atoms with Crippen molar-refractivity contribution in [2.45, 2.75) is 4.95 Å². The van der Waals surface area contributed by atoms with Crippen LogP contribution in [-0.2, 0) is 0 Å². The number of ether oxygens (including phenoxy) is 1. The van der Waals surface area contributed by atoms with Gasteiger partial charge in [0.2, 0.25) is 4.95 Å². The van der Waals surface area contributed by atoms with Crippen LogP contribution in [-0.4, -0.2) is 7.11 Å². The fourth-order valence-corrected chi connectivity index (χ4v) is 2.08. The number of halogens is 1. The van der Waals surface area contributed by atoms with Crippen LogP contribution in [0, 0.1) is 0 Å². The molecule has 1 aromatic heterocycles. The standard InChI is InChI=1S/C13H13BrNO/c1-16-12-7-5-11(6-8-12)13(14)15-9-3-2-4-10-15/h2-10,13H,1H3/q+1/t13-/m0/s1. The predicted octanol–water partition coefficient (Wildman–Crippen LogP) is 2.92. The smallest absolute Gasteiger partial charge is 0.237 e. The molecule has 0 aliphatic rings. The molecule has 0 bridgehead atoms. The fourth-order valence-electron chi connectivity index (χ4n) is 1.50. The first kappa shape index (κ1) is 11.1. The topological polar surface area (TPSA) is 13.1 Å². The van der Waals surface area contributed by atoms with Crippen molar-refractivity contribution in [1.29, 1.82) is 0 Å². The molecule has 0 unspecified atom stereocenters. The number of benzene rings is 1. The third-order valence-electron chi connectivity index (χ3n) is 2.39. The van der Waals surface area contributed by atoms with Gasteiger partial charge in [0.25, 0.3) is 0 Å². The molecule has 0 amide bonds. The fraction of sp³-hybridized carbons (Fsp3) is 0.154. The number of rotatable bonds is 3. The summed E-state index contributed by atoms with van der Waals surface area (Å²) in [6, 6.07) is 14.1. The molecule has 3 heteroatoms. The lowest BCUT2D eigenvalue weighted by Crippen LogP contribution is -2.35. The molecule has 0 spiro atoms. The predicted molar refractivity (Wildman–Crippen MR) is 66.7 cm³/mol. The first-order valence-electron chi connectivity index (χ1n) is 5.05. The summed E-state index contributed by atoms with van der Waals surface area (Å²) in [4.78, 5) is 0.152. The van der Waals surface area contributed by atoms with Crippen molar-refractivity contribution in [3.8, 4) is 5.75 Å². The number of pyridine rings is 1. The van der Waals surface area contributed by atoms with Crippen LogP contribution in [0.15, 0.2) is 54.9 Å². The minimum atomic E-state index is 0.152. The van der Waals surface area contributed by atoms with Crippen molar-refractivity contribution < 1.29 is 9.30 Å². The van der Waals surface area contributed by atoms with Crippen LogP contribution in [0.2, 0.25) is 0 Å². The Morgan fingerprint density at radius 1 is 1.06 bits per heavy atom. The first-order chi connectivity index (χ1) is 7.81. The van der Waals surface area contributed by atoms with Gasteiger partial charge in [-0.3, -0.25) is 0 Å². The molecule has 2 nitrogen and oxygen atoms in total. The largest absolute Gasteiger partial charge is 0.497 e. The summed E-state index contributed by atoms with van der Waals surface area (Å²) in [5.41, 5.74) is 1.19. The van der Waals surface area contributed by atoms with Crippen LogP contribution in [0.4, 0.5) is 0 Å². The van der Waals surface area contributed by atoms with Crippen molar-refractivity contribution in [2.24, 2.45) is 0 Å². The van der Waals surface area contributed by atoms with Gasteiger partial charge in [0.15, 0.2) is 12.4 Å². The lowest BCUT2D eigenvalue weighted by atomic mass is 10.2. The molecule has 82 valence electrons. The Hall–Kier alpha value is -1.35. The molecular formula is C13H13BrNO+. The van der Waals surface area contributed by atoms with Gasteiger partial charge < -0.3 is 4.74 Å². The van der Waals surface area contributed by atoms with Crippen molar-refractivity contribution >= 4 is 15.9 Å². The second kappa shape index (κ2) is 5.12. The van der Waals surface area contributed by atoms with Crippen molar-refractivity contribution in [1.82, 2.24) is 0 Å². The summed E-state index contributed by atoms with van der Waals surface area (Å²) >= 11 is 3.66. The molecule has 1 atom stereocenters. The van der Waals surface area contributed by atoms with E-state index in [-0.39, 0.29) is 4.95 Å². The molecule has 0 saturated carbocycles. The highest BCUT2D eigenvalue weighted by Gasteiger charge is 2.15. The maximum absolute atomic E-state index is 5.13. The van der Waals surface area contributed by atoms with Gasteiger partial charge in [-0.25, -0.2) is 0 Å². The van der Waals surface area contributed by atoms with Gasteiger partial charge in [0, 0.05) is 17.7 Å².